The number of aromatic nitrogens is 1. The Balaban J connectivity index is 2.03. The van der Waals surface area contributed by atoms with Gasteiger partial charge in [0.15, 0.2) is 0 Å². The molecule has 1 N–H and O–H groups in total. The predicted molar refractivity (Wildman–Crippen MR) is 43.6 cm³/mol. The molecule has 2 rings (SSSR count). The van der Waals surface area contributed by atoms with Gasteiger partial charge >= 0.3 is 0 Å². The van der Waals surface area contributed by atoms with Gasteiger partial charge in [-0.25, -0.2) is 4.98 Å². The minimum Gasteiger partial charge on any atom is -0.348 e. The molecule has 0 saturated heterocycles. The zero-order valence-electron chi connectivity index (χ0n) is 6.58. The molecule has 0 bridgehead atoms. The van der Waals surface area contributed by atoms with Gasteiger partial charge in [0, 0.05) is 6.04 Å². The van der Waals surface area contributed by atoms with Gasteiger partial charge in [-0.15, -0.1) is 0 Å². The molecule has 3 nitrogen and oxygen atoms in total. The number of hydrogen-bond acceptors (Lipinski definition) is 2. The molecule has 1 saturated carbocycles. The summed E-state index contributed by atoms with van der Waals surface area (Å²) in [4.78, 5) is 15.1. The Morgan fingerprint density at radius 3 is 3.08 bits per heavy atom. The Kier molecular flexibility index (Phi) is 1.78. The number of amides is 1. The van der Waals surface area contributed by atoms with Gasteiger partial charge in [-0.05, 0) is 25.0 Å². The molecule has 12 heavy (non-hydrogen) atoms. The molecule has 1 aliphatic carbocycles. The number of hydrogen-bond donors (Lipinski definition) is 1. The Bertz CT molecular complexity index is 280. The van der Waals surface area contributed by atoms with E-state index in [2.05, 4.69) is 16.5 Å². The summed E-state index contributed by atoms with van der Waals surface area (Å²) < 4.78 is 0. The summed E-state index contributed by atoms with van der Waals surface area (Å²) >= 11 is 0. The van der Waals surface area contributed by atoms with Crippen LogP contribution in [0.1, 0.15) is 23.3 Å². The standard InChI is InChI=1S/C9H9N2O/c12-9(11-7-4-5-7)8-3-1-2-6-10-8/h1-3,7H,4-5H2,(H,11,12). The predicted octanol–water partition coefficient (Wildman–Crippen LogP) is 0.774. The quantitative estimate of drug-likeness (QED) is 0.696. The minimum atomic E-state index is -0.0886. The number of carbonyl (C=O) groups is 1. The van der Waals surface area contributed by atoms with Gasteiger partial charge in [-0.1, -0.05) is 6.07 Å². The highest BCUT2D eigenvalue weighted by molar-refractivity contribution is 5.92. The molecule has 1 aromatic rings. The normalized spacial score (nSPS) is 15.7. The molecule has 0 spiro atoms. The van der Waals surface area contributed by atoms with E-state index >= 15 is 0 Å². The third kappa shape index (κ3) is 1.61. The van der Waals surface area contributed by atoms with Crippen LogP contribution >= 0.6 is 0 Å². The lowest BCUT2D eigenvalue weighted by molar-refractivity contribution is 0.0946. The largest absolute Gasteiger partial charge is 0.348 e. The van der Waals surface area contributed by atoms with E-state index in [9.17, 15) is 4.79 Å². The van der Waals surface area contributed by atoms with Crippen LogP contribution in [0, 0.1) is 6.20 Å². The van der Waals surface area contributed by atoms with Crippen LogP contribution in [0.25, 0.3) is 0 Å². The molecule has 0 unspecified atom stereocenters. The lowest BCUT2D eigenvalue weighted by Crippen LogP contribution is -2.26. The molecule has 0 aromatic carbocycles. The molecular weight excluding hydrogens is 152 g/mol. The summed E-state index contributed by atoms with van der Waals surface area (Å²) in [5.74, 6) is -0.0886. The van der Waals surface area contributed by atoms with Crippen LogP contribution in [-0.4, -0.2) is 16.9 Å². The molecule has 61 valence electrons. The van der Waals surface area contributed by atoms with Crippen molar-refractivity contribution in [2.24, 2.45) is 0 Å². The van der Waals surface area contributed by atoms with Gasteiger partial charge in [0.1, 0.15) is 5.69 Å². The first-order valence-electron chi connectivity index (χ1n) is 4.00. The zero-order valence-corrected chi connectivity index (χ0v) is 6.58. The molecule has 0 atom stereocenters. The smallest absolute Gasteiger partial charge is 0.270 e. The Morgan fingerprint density at radius 2 is 2.50 bits per heavy atom. The first kappa shape index (κ1) is 7.28. The fourth-order valence-corrected chi connectivity index (χ4v) is 0.940. The average Bonchev–Trinajstić information content (AvgIpc) is 2.90. The van der Waals surface area contributed by atoms with Gasteiger partial charge < -0.3 is 5.32 Å². The van der Waals surface area contributed by atoms with Crippen LogP contribution in [0.5, 0.6) is 0 Å². The fraction of sp³-hybridized carbons (Fsp3) is 0.333. The number of nitrogens with one attached hydrogen (secondary N) is 1. The zero-order chi connectivity index (χ0) is 8.39. The second-order valence-electron chi connectivity index (χ2n) is 2.90. The summed E-state index contributed by atoms with van der Waals surface area (Å²) in [6.45, 7) is 0. The molecule has 1 aromatic heterocycles. The maximum atomic E-state index is 11.3. The van der Waals surface area contributed by atoms with Crippen LogP contribution in [0.4, 0.5) is 0 Å². The maximum absolute atomic E-state index is 11.3. The van der Waals surface area contributed by atoms with E-state index in [4.69, 9.17) is 0 Å². The van der Waals surface area contributed by atoms with E-state index < -0.39 is 0 Å². The van der Waals surface area contributed by atoms with Crippen LogP contribution in [-0.2, 0) is 0 Å². The SMILES string of the molecule is O=C(NC1CC1)c1ccc[c]n1. The topological polar surface area (TPSA) is 42.0 Å². The lowest BCUT2D eigenvalue weighted by Gasteiger charge is -2.00. The van der Waals surface area contributed by atoms with Crippen molar-refractivity contribution in [1.29, 1.82) is 0 Å². The molecular formula is C9H9N2O. The molecule has 0 aliphatic heterocycles. The number of nitrogens with zero attached hydrogens (tertiary/aromatic N) is 1. The summed E-state index contributed by atoms with van der Waals surface area (Å²) in [6.07, 6.45) is 4.82. The number of pyridine rings is 1. The van der Waals surface area contributed by atoms with Crippen LogP contribution in [0.2, 0.25) is 0 Å². The molecule has 1 amide bonds. The Hall–Kier alpha value is -1.38. The van der Waals surface area contributed by atoms with E-state index in [0.29, 0.717) is 11.7 Å². The summed E-state index contributed by atoms with van der Waals surface area (Å²) in [5.41, 5.74) is 0.449. The molecule has 3 heteroatoms. The van der Waals surface area contributed by atoms with Crippen molar-refractivity contribution in [3.63, 3.8) is 0 Å². The van der Waals surface area contributed by atoms with Crippen molar-refractivity contribution in [3.05, 3.63) is 30.1 Å². The van der Waals surface area contributed by atoms with Crippen molar-refractivity contribution in [2.75, 3.05) is 0 Å². The first-order chi connectivity index (χ1) is 5.86. The molecule has 1 radical (unpaired) electrons. The number of carbonyl (C=O) groups excluding carboxylic acids is 1. The second kappa shape index (κ2) is 2.93. The third-order valence-corrected chi connectivity index (χ3v) is 1.76. The van der Waals surface area contributed by atoms with Gasteiger partial charge in [0.25, 0.3) is 5.91 Å². The third-order valence-electron chi connectivity index (χ3n) is 1.76. The fourth-order valence-electron chi connectivity index (χ4n) is 0.940. The second-order valence-corrected chi connectivity index (χ2v) is 2.90. The van der Waals surface area contributed by atoms with E-state index in [1.54, 1.807) is 18.2 Å². The van der Waals surface area contributed by atoms with Gasteiger partial charge in [-0.3, -0.25) is 4.79 Å². The first-order valence-corrected chi connectivity index (χ1v) is 4.00. The maximum Gasteiger partial charge on any atom is 0.270 e. The van der Waals surface area contributed by atoms with Crippen molar-refractivity contribution in [3.8, 4) is 0 Å². The summed E-state index contributed by atoms with van der Waals surface area (Å²) in [5, 5.41) is 2.85. The summed E-state index contributed by atoms with van der Waals surface area (Å²) in [7, 11) is 0. The van der Waals surface area contributed by atoms with Crippen molar-refractivity contribution < 1.29 is 4.79 Å². The molecule has 1 fully saturated rings. The van der Waals surface area contributed by atoms with Crippen LogP contribution in [0.3, 0.4) is 0 Å². The molecule has 1 aliphatic rings. The monoisotopic (exact) mass is 161 g/mol. The van der Waals surface area contributed by atoms with Gasteiger partial charge in [0.2, 0.25) is 0 Å². The highest BCUT2D eigenvalue weighted by Gasteiger charge is 2.23. The van der Waals surface area contributed by atoms with Crippen molar-refractivity contribution >= 4 is 5.91 Å². The van der Waals surface area contributed by atoms with Gasteiger partial charge in [-0.2, -0.15) is 0 Å². The van der Waals surface area contributed by atoms with E-state index in [0.717, 1.165) is 12.8 Å². The highest BCUT2D eigenvalue weighted by Crippen LogP contribution is 2.18. The van der Waals surface area contributed by atoms with Crippen LogP contribution in [0.15, 0.2) is 18.2 Å². The van der Waals surface area contributed by atoms with E-state index in [-0.39, 0.29) is 5.91 Å². The van der Waals surface area contributed by atoms with Crippen molar-refractivity contribution in [2.45, 2.75) is 18.9 Å². The Labute approximate surface area is 70.8 Å². The van der Waals surface area contributed by atoms with E-state index in [1.807, 2.05) is 0 Å². The van der Waals surface area contributed by atoms with Crippen molar-refractivity contribution in [1.82, 2.24) is 10.3 Å². The number of rotatable bonds is 2. The van der Waals surface area contributed by atoms with Crippen LogP contribution < -0.4 is 5.32 Å². The lowest BCUT2D eigenvalue weighted by atomic mass is 10.3. The molecule has 1 heterocycles. The van der Waals surface area contributed by atoms with E-state index in [1.165, 1.54) is 0 Å². The summed E-state index contributed by atoms with van der Waals surface area (Å²) in [6, 6.07) is 5.51. The minimum absolute atomic E-state index is 0.0886. The Morgan fingerprint density at radius 1 is 1.67 bits per heavy atom. The highest BCUT2D eigenvalue weighted by atomic mass is 16.2. The van der Waals surface area contributed by atoms with Gasteiger partial charge in [0.05, 0.1) is 6.20 Å². The average molecular weight is 161 g/mol.